The van der Waals surface area contributed by atoms with Crippen molar-refractivity contribution in [2.45, 2.75) is 12.5 Å². The Morgan fingerprint density at radius 3 is 2.97 bits per heavy atom. The van der Waals surface area contributed by atoms with E-state index in [-0.39, 0.29) is 17.7 Å². The lowest BCUT2D eigenvalue weighted by molar-refractivity contribution is -0.111. The molecule has 1 aliphatic rings. The SMILES string of the molecule is CN(C/C=C/C(=O)Nc1cc2c(Nc3ccc(F)c(Cl)c3)ncnc2cc1O[C@H]1CCOC1)N=O. The molecule has 3 aromatic rings. The van der Waals surface area contributed by atoms with E-state index in [1.54, 1.807) is 12.1 Å². The molecule has 1 aliphatic heterocycles. The number of carbonyl (C=O) groups is 1. The summed E-state index contributed by atoms with van der Waals surface area (Å²) in [7, 11) is 1.50. The molecule has 35 heavy (non-hydrogen) atoms. The predicted molar refractivity (Wildman–Crippen MR) is 130 cm³/mol. The second-order valence-corrected chi connectivity index (χ2v) is 8.17. The fourth-order valence-electron chi connectivity index (χ4n) is 3.39. The number of aromatic nitrogens is 2. The van der Waals surface area contributed by atoms with Crippen molar-refractivity contribution >= 4 is 45.6 Å². The molecule has 2 heterocycles. The van der Waals surface area contributed by atoms with Crippen LogP contribution in [0.2, 0.25) is 5.02 Å². The van der Waals surface area contributed by atoms with Crippen LogP contribution in [0.4, 0.5) is 21.6 Å². The molecule has 1 fully saturated rings. The minimum Gasteiger partial charge on any atom is -0.486 e. The van der Waals surface area contributed by atoms with Gasteiger partial charge in [-0.2, -0.15) is 0 Å². The second kappa shape index (κ2) is 11.1. The van der Waals surface area contributed by atoms with Crippen LogP contribution in [-0.2, 0) is 9.53 Å². The molecule has 0 aliphatic carbocycles. The van der Waals surface area contributed by atoms with Gasteiger partial charge in [-0.05, 0) is 24.3 Å². The van der Waals surface area contributed by atoms with E-state index in [0.717, 1.165) is 11.4 Å². The van der Waals surface area contributed by atoms with E-state index in [1.165, 1.54) is 43.7 Å². The highest BCUT2D eigenvalue weighted by molar-refractivity contribution is 6.31. The summed E-state index contributed by atoms with van der Waals surface area (Å²) in [6.07, 6.45) is 4.76. The largest absolute Gasteiger partial charge is 0.486 e. The third-order valence-corrected chi connectivity index (χ3v) is 5.43. The summed E-state index contributed by atoms with van der Waals surface area (Å²) in [5.74, 6) is -0.0995. The second-order valence-electron chi connectivity index (χ2n) is 7.76. The first-order valence-corrected chi connectivity index (χ1v) is 11.1. The van der Waals surface area contributed by atoms with E-state index in [0.29, 0.717) is 47.1 Å². The molecule has 0 bridgehead atoms. The van der Waals surface area contributed by atoms with E-state index < -0.39 is 11.7 Å². The average molecular weight is 501 g/mol. The molecule has 0 spiro atoms. The molecule has 1 atom stereocenters. The first-order chi connectivity index (χ1) is 16.9. The van der Waals surface area contributed by atoms with Gasteiger partial charge in [-0.15, -0.1) is 4.91 Å². The molecule has 4 rings (SSSR count). The van der Waals surface area contributed by atoms with E-state index in [9.17, 15) is 14.1 Å². The van der Waals surface area contributed by atoms with Gasteiger partial charge in [0.05, 0.1) is 41.3 Å². The molecule has 1 saturated heterocycles. The summed E-state index contributed by atoms with van der Waals surface area (Å²) in [5, 5.41) is 10.4. The van der Waals surface area contributed by atoms with Crippen LogP contribution in [0.1, 0.15) is 6.42 Å². The zero-order valence-electron chi connectivity index (χ0n) is 18.7. The van der Waals surface area contributed by atoms with E-state index in [2.05, 4.69) is 25.9 Å². The van der Waals surface area contributed by atoms with Crippen molar-refractivity contribution in [1.29, 1.82) is 0 Å². The van der Waals surface area contributed by atoms with Gasteiger partial charge in [0.2, 0.25) is 5.91 Å². The Morgan fingerprint density at radius 1 is 1.37 bits per heavy atom. The number of rotatable bonds is 9. The Hall–Kier alpha value is -3.83. The van der Waals surface area contributed by atoms with Gasteiger partial charge in [-0.1, -0.05) is 17.7 Å². The Labute approximate surface area is 205 Å². The molecule has 1 aromatic heterocycles. The van der Waals surface area contributed by atoms with Gasteiger partial charge in [0.25, 0.3) is 0 Å². The van der Waals surface area contributed by atoms with Gasteiger partial charge in [-0.3, -0.25) is 9.80 Å². The third kappa shape index (κ3) is 6.19. The first kappa shape index (κ1) is 24.3. The van der Waals surface area contributed by atoms with Crippen molar-refractivity contribution in [1.82, 2.24) is 15.0 Å². The van der Waals surface area contributed by atoms with Gasteiger partial charge in [0, 0.05) is 36.7 Å². The lowest BCUT2D eigenvalue weighted by atomic mass is 10.1. The number of anilines is 3. The molecule has 0 radical (unpaired) electrons. The number of benzene rings is 2. The van der Waals surface area contributed by atoms with Crippen LogP contribution in [0.15, 0.2) is 54.1 Å². The highest BCUT2D eigenvalue weighted by Gasteiger charge is 2.20. The third-order valence-electron chi connectivity index (χ3n) is 5.14. The topological polar surface area (TPSA) is 118 Å². The number of nitrogens with one attached hydrogen (secondary N) is 2. The molecule has 0 unspecified atom stereocenters. The summed E-state index contributed by atoms with van der Waals surface area (Å²) in [6.45, 7) is 1.22. The number of hydrogen-bond donors (Lipinski definition) is 2. The number of fused-ring (bicyclic) bond motifs is 1. The monoisotopic (exact) mass is 500 g/mol. The number of carbonyl (C=O) groups excluding carboxylic acids is 1. The summed E-state index contributed by atoms with van der Waals surface area (Å²) in [5.41, 5.74) is 1.49. The predicted octanol–water partition coefficient (Wildman–Crippen LogP) is 4.44. The number of hydrogen-bond acceptors (Lipinski definition) is 8. The fraction of sp³-hybridized carbons (Fsp3) is 0.261. The maximum atomic E-state index is 13.6. The summed E-state index contributed by atoms with van der Waals surface area (Å²) >= 11 is 5.90. The van der Waals surface area contributed by atoms with Gasteiger partial charge in [0.1, 0.15) is 29.8 Å². The highest BCUT2D eigenvalue weighted by atomic mass is 35.5. The van der Waals surface area contributed by atoms with Crippen LogP contribution in [-0.4, -0.2) is 53.8 Å². The average Bonchev–Trinajstić information content (AvgIpc) is 3.35. The number of ether oxygens (including phenoxy) is 2. The minimum absolute atomic E-state index is 0.0296. The summed E-state index contributed by atoms with van der Waals surface area (Å²) in [4.78, 5) is 31.6. The van der Waals surface area contributed by atoms with E-state index >= 15 is 0 Å². The van der Waals surface area contributed by atoms with Crippen LogP contribution in [0.3, 0.4) is 0 Å². The maximum absolute atomic E-state index is 13.6. The van der Waals surface area contributed by atoms with E-state index in [4.69, 9.17) is 21.1 Å². The van der Waals surface area contributed by atoms with Gasteiger partial charge in [-0.25, -0.2) is 14.4 Å². The van der Waals surface area contributed by atoms with Crippen LogP contribution in [0, 0.1) is 10.7 Å². The lowest BCUT2D eigenvalue weighted by Gasteiger charge is -2.17. The maximum Gasteiger partial charge on any atom is 0.248 e. The summed E-state index contributed by atoms with van der Waals surface area (Å²) in [6, 6.07) is 7.63. The number of halogens is 2. The number of likely N-dealkylation sites (N-methyl/N-ethyl adjacent to an activating group) is 1. The van der Waals surface area contributed by atoms with Crippen molar-refractivity contribution in [3.05, 3.63) is 64.6 Å². The van der Waals surface area contributed by atoms with Gasteiger partial charge >= 0.3 is 0 Å². The molecule has 10 nitrogen and oxygen atoms in total. The number of nitroso groups, excluding NO2 is 1. The quantitative estimate of drug-likeness (QED) is 0.251. The summed E-state index contributed by atoms with van der Waals surface area (Å²) < 4.78 is 25.0. The smallest absolute Gasteiger partial charge is 0.248 e. The molecular weight excluding hydrogens is 479 g/mol. The van der Waals surface area contributed by atoms with Crippen LogP contribution >= 0.6 is 11.6 Å². The number of amides is 1. The molecule has 2 aromatic carbocycles. The zero-order valence-corrected chi connectivity index (χ0v) is 19.5. The minimum atomic E-state index is -0.532. The van der Waals surface area contributed by atoms with Gasteiger partial charge < -0.3 is 20.1 Å². The normalized spacial score (nSPS) is 15.3. The highest BCUT2D eigenvalue weighted by Crippen LogP contribution is 2.35. The lowest BCUT2D eigenvalue weighted by Crippen LogP contribution is -2.18. The molecule has 1 amide bonds. The molecule has 0 saturated carbocycles. The molecule has 2 N–H and O–H groups in total. The molecule has 182 valence electrons. The van der Waals surface area contributed by atoms with E-state index in [1.807, 2.05) is 0 Å². The van der Waals surface area contributed by atoms with Crippen LogP contribution in [0.5, 0.6) is 5.75 Å². The molecular formula is C23H22ClFN6O4. The first-order valence-electron chi connectivity index (χ1n) is 10.7. The Balaban J connectivity index is 1.66. The fourth-order valence-corrected chi connectivity index (χ4v) is 3.58. The van der Waals surface area contributed by atoms with Crippen molar-refractivity contribution in [3.63, 3.8) is 0 Å². The Bertz CT molecular complexity index is 1270. The van der Waals surface area contributed by atoms with Crippen LogP contribution in [0.25, 0.3) is 10.9 Å². The van der Waals surface area contributed by atoms with Crippen molar-refractivity contribution < 1.29 is 18.7 Å². The Morgan fingerprint density at radius 2 is 2.23 bits per heavy atom. The zero-order chi connectivity index (χ0) is 24.8. The standard InChI is InChI=1S/C23H22ClFN6O4/c1-31(30-33)7-2-3-22(32)29-20-10-16-19(11-21(20)35-15-6-8-34-12-15)26-13-27-23(16)28-14-4-5-18(25)17(24)9-14/h2-5,9-11,13,15H,6-8,12H2,1H3,(H,29,32)(H,26,27,28)/b3-2+/t15-/m0/s1. The Kier molecular flexibility index (Phi) is 7.68. The van der Waals surface area contributed by atoms with Crippen molar-refractivity contribution in [2.75, 3.05) is 37.4 Å². The van der Waals surface area contributed by atoms with Crippen molar-refractivity contribution in [2.24, 2.45) is 5.29 Å². The molecule has 12 heteroatoms. The number of nitrogens with zero attached hydrogens (tertiary/aromatic N) is 4. The van der Waals surface area contributed by atoms with Crippen molar-refractivity contribution in [3.8, 4) is 5.75 Å². The van der Waals surface area contributed by atoms with Gasteiger partial charge in [0.15, 0.2) is 0 Å². The van der Waals surface area contributed by atoms with Crippen LogP contribution < -0.4 is 15.4 Å².